The molecular weight excluding hydrogens is 219 g/mol. The molecule has 3 rings (SSSR count). The van der Waals surface area contributed by atoms with E-state index in [9.17, 15) is 9.50 Å². The summed E-state index contributed by atoms with van der Waals surface area (Å²) in [6.45, 7) is 4.23. The summed E-state index contributed by atoms with van der Waals surface area (Å²) in [6.07, 6.45) is 0.352. The average molecular weight is 234 g/mol. The SMILES string of the molecule is CC1(C)CC1C(O)c1cc2cccc(F)c2o1. The summed E-state index contributed by atoms with van der Waals surface area (Å²) in [5.41, 5.74) is 0.400. The van der Waals surface area contributed by atoms with E-state index >= 15 is 0 Å². The zero-order valence-corrected chi connectivity index (χ0v) is 9.90. The maximum absolute atomic E-state index is 13.5. The lowest BCUT2D eigenvalue weighted by Crippen LogP contribution is -2.03. The largest absolute Gasteiger partial charge is 0.455 e. The Balaban J connectivity index is 1.99. The fourth-order valence-corrected chi connectivity index (χ4v) is 2.44. The summed E-state index contributed by atoms with van der Waals surface area (Å²) in [7, 11) is 0. The molecule has 17 heavy (non-hydrogen) atoms. The second-order valence-corrected chi connectivity index (χ2v) is 5.55. The summed E-state index contributed by atoms with van der Waals surface area (Å²) in [4.78, 5) is 0. The number of furan rings is 1. The molecule has 1 fully saturated rings. The predicted molar refractivity (Wildman–Crippen MR) is 63.0 cm³/mol. The first-order valence-corrected chi connectivity index (χ1v) is 5.85. The van der Waals surface area contributed by atoms with Gasteiger partial charge in [0, 0.05) is 5.39 Å². The van der Waals surface area contributed by atoms with Crippen molar-refractivity contribution in [2.75, 3.05) is 0 Å². The van der Waals surface area contributed by atoms with Crippen molar-refractivity contribution < 1.29 is 13.9 Å². The quantitative estimate of drug-likeness (QED) is 0.860. The van der Waals surface area contributed by atoms with E-state index in [2.05, 4.69) is 13.8 Å². The third-order valence-electron chi connectivity index (χ3n) is 3.78. The highest BCUT2D eigenvalue weighted by atomic mass is 19.1. The molecule has 0 bridgehead atoms. The van der Waals surface area contributed by atoms with Crippen LogP contribution in [0.4, 0.5) is 4.39 Å². The highest BCUT2D eigenvalue weighted by Crippen LogP contribution is 2.58. The van der Waals surface area contributed by atoms with E-state index in [0.717, 1.165) is 6.42 Å². The van der Waals surface area contributed by atoms with Crippen LogP contribution in [-0.4, -0.2) is 5.11 Å². The third kappa shape index (κ3) is 1.65. The van der Waals surface area contributed by atoms with Crippen LogP contribution in [0.15, 0.2) is 28.7 Å². The summed E-state index contributed by atoms with van der Waals surface area (Å²) >= 11 is 0. The van der Waals surface area contributed by atoms with Crippen molar-refractivity contribution >= 4 is 11.0 Å². The molecule has 1 saturated carbocycles. The Morgan fingerprint density at radius 2 is 2.18 bits per heavy atom. The number of hydrogen-bond acceptors (Lipinski definition) is 2. The third-order valence-corrected chi connectivity index (χ3v) is 3.78. The number of rotatable bonds is 2. The molecule has 2 nitrogen and oxygen atoms in total. The average Bonchev–Trinajstić information content (AvgIpc) is 2.75. The topological polar surface area (TPSA) is 33.4 Å². The van der Waals surface area contributed by atoms with Crippen molar-refractivity contribution in [2.24, 2.45) is 11.3 Å². The minimum Gasteiger partial charge on any atom is -0.455 e. The molecule has 1 aromatic carbocycles. The fourth-order valence-electron chi connectivity index (χ4n) is 2.44. The van der Waals surface area contributed by atoms with E-state index in [-0.39, 0.29) is 22.7 Å². The number of aliphatic hydroxyl groups is 1. The van der Waals surface area contributed by atoms with Crippen molar-refractivity contribution in [1.29, 1.82) is 0 Å². The van der Waals surface area contributed by atoms with E-state index in [1.165, 1.54) is 6.07 Å². The Morgan fingerprint density at radius 3 is 2.76 bits per heavy atom. The van der Waals surface area contributed by atoms with Gasteiger partial charge in [0.15, 0.2) is 11.4 Å². The van der Waals surface area contributed by atoms with Crippen LogP contribution < -0.4 is 0 Å². The Bertz CT molecular complexity index is 571. The highest BCUT2D eigenvalue weighted by molar-refractivity contribution is 5.78. The monoisotopic (exact) mass is 234 g/mol. The lowest BCUT2D eigenvalue weighted by molar-refractivity contribution is 0.115. The van der Waals surface area contributed by atoms with Gasteiger partial charge < -0.3 is 9.52 Å². The van der Waals surface area contributed by atoms with Crippen LogP contribution >= 0.6 is 0 Å². The summed E-state index contributed by atoms with van der Waals surface area (Å²) < 4.78 is 18.9. The van der Waals surface area contributed by atoms with Gasteiger partial charge in [-0.3, -0.25) is 0 Å². The maximum Gasteiger partial charge on any atom is 0.170 e. The highest BCUT2D eigenvalue weighted by Gasteiger charge is 2.51. The van der Waals surface area contributed by atoms with Crippen LogP contribution in [-0.2, 0) is 0 Å². The van der Waals surface area contributed by atoms with Gasteiger partial charge in [0.05, 0.1) is 0 Å². The summed E-state index contributed by atoms with van der Waals surface area (Å²) in [5, 5.41) is 10.9. The molecule has 1 aliphatic carbocycles. The number of benzene rings is 1. The standard InChI is InChI=1S/C14H15FO2/c1-14(2)7-9(14)12(16)11-6-8-4-3-5-10(15)13(8)17-11/h3-6,9,12,16H,7H2,1-2H3. The van der Waals surface area contributed by atoms with Crippen LogP contribution in [0, 0.1) is 17.2 Å². The Morgan fingerprint density at radius 1 is 1.47 bits per heavy atom. The zero-order chi connectivity index (χ0) is 12.2. The van der Waals surface area contributed by atoms with Crippen LogP contribution in [0.1, 0.15) is 32.1 Å². The van der Waals surface area contributed by atoms with Gasteiger partial charge in [-0.25, -0.2) is 4.39 Å². The van der Waals surface area contributed by atoms with Gasteiger partial charge in [-0.15, -0.1) is 0 Å². The molecule has 2 atom stereocenters. The van der Waals surface area contributed by atoms with Gasteiger partial charge >= 0.3 is 0 Å². The molecule has 0 spiro atoms. The maximum atomic E-state index is 13.5. The predicted octanol–water partition coefficient (Wildman–Crippen LogP) is 3.65. The molecule has 0 amide bonds. The Labute approximate surface area is 99.1 Å². The molecule has 0 radical (unpaired) electrons. The van der Waals surface area contributed by atoms with Crippen molar-refractivity contribution in [2.45, 2.75) is 26.4 Å². The van der Waals surface area contributed by atoms with Gasteiger partial charge in [0.1, 0.15) is 11.9 Å². The number of para-hydroxylation sites is 1. The van der Waals surface area contributed by atoms with E-state index in [4.69, 9.17) is 4.42 Å². The molecule has 0 saturated heterocycles. The molecule has 1 aliphatic rings. The second kappa shape index (κ2) is 3.33. The van der Waals surface area contributed by atoms with Gasteiger partial charge in [0.2, 0.25) is 0 Å². The number of halogens is 1. The van der Waals surface area contributed by atoms with Gasteiger partial charge in [-0.1, -0.05) is 26.0 Å². The second-order valence-electron chi connectivity index (χ2n) is 5.55. The lowest BCUT2D eigenvalue weighted by Gasteiger charge is -2.08. The molecule has 0 aliphatic heterocycles. The lowest BCUT2D eigenvalue weighted by atomic mass is 10.0. The molecule has 90 valence electrons. The van der Waals surface area contributed by atoms with E-state index in [1.54, 1.807) is 18.2 Å². The summed E-state index contributed by atoms with van der Waals surface area (Å²) in [5.74, 6) is 0.308. The molecule has 2 aromatic rings. The first kappa shape index (κ1) is 10.8. The van der Waals surface area contributed by atoms with Gasteiger partial charge in [0.25, 0.3) is 0 Å². The normalized spacial score (nSPS) is 23.9. The Hall–Kier alpha value is -1.35. The van der Waals surface area contributed by atoms with Crippen LogP contribution in [0.2, 0.25) is 0 Å². The van der Waals surface area contributed by atoms with E-state index in [1.807, 2.05) is 0 Å². The molecule has 1 aromatic heterocycles. The molecular formula is C14H15FO2. The van der Waals surface area contributed by atoms with Gasteiger partial charge in [-0.05, 0) is 29.9 Å². The summed E-state index contributed by atoms with van der Waals surface area (Å²) in [6, 6.07) is 6.53. The number of fused-ring (bicyclic) bond motifs is 1. The van der Waals surface area contributed by atoms with Crippen molar-refractivity contribution in [1.82, 2.24) is 0 Å². The molecule has 1 N–H and O–H groups in total. The van der Waals surface area contributed by atoms with Gasteiger partial charge in [-0.2, -0.15) is 0 Å². The Kier molecular flexibility index (Phi) is 2.11. The minimum absolute atomic E-state index is 0.164. The first-order valence-electron chi connectivity index (χ1n) is 5.85. The number of hydrogen-bond donors (Lipinski definition) is 1. The van der Waals surface area contributed by atoms with Crippen molar-refractivity contribution in [3.63, 3.8) is 0 Å². The smallest absolute Gasteiger partial charge is 0.170 e. The number of aliphatic hydroxyl groups excluding tert-OH is 1. The molecule has 3 heteroatoms. The van der Waals surface area contributed by atoms with Crippen LogP contribution in [0.5, 0.6) is 0 Å². The fraction of sp³-hybridized carbons (Fsp3) is 0.429. The van der Waals surface area contributed by atoms with Crippen LogP contribution in [0.3, 0.4) is 0 Å². The van der Waals surface area contributed by atoms with E-state index < -0.39 is 6.10 Å². The molecule has 1 heterocycles. The minimum atomic E-state index is -0.628. The van der Waals surface area contributed by atoms with E-state index in [0.29, 0.717) is 11.1 Å². The van der Waals surface area contributed by atoms with Crippen LogP contribution in [0.25, 0.3) is 11.0 Å². The van der Waals surface area contributed by atoms with Crippen molar-refractivity contribution in [3.8, 4) is 0 Å². The molecule has 2 unspecified atom stereocenters. The zero-order valence-electron chi connectivity index (χ0n) is 9.90. The van der Waals surface area contributed by atoms with Crippen molar-refractivity contribution in [3.05, 3.63) is 35.8 Å². The first-order chi connectivity index (χ1) is 7.99.